The topological polar surface area (TPSA) is 66.9 Å². The van der Waals surface area contributed by atoms with E-state index in [0.717, 1.165) is 16.8 Å². The van der Waals surface area contributed by atoms with Crippen molar-refractivity contribution >= 4 is 17.4 Å². The maximum Gasteiger partial charge on any atom is 0.251 e. The van der Waals surface area contributed by atoms with Gasteiger partial charge in [-0.3, -0.25) is 4.79 Å². The molecule has 0 aliphatic carbocycles. The summed E-state index contributed by atoms with van der Waals surface area (Å²) in [6.07, 6.45) is 0. The molecule has 4 aromatic rings. The van der Waals surface area contributed by atoms with E-state index < -0.39 is 0 Å². The SMILES string of the molecule is CC(C)c1ccc(CNC(=O)c2cccc(Nc3ccc(-c4ccc(F)cc4)nn3)c2)cc1. The number of benzene rings is 3. The third kappa shape index (κ3) is 5.80. The van der Waals surface area contributed by atoms with Gasteiger partial charge in [-0.1, -0.05) is 44.2 Å². The number of halogens is 1. The zero-order valence-corrected chi connectivity index (χ0v) is 18.5. The second-order valence-corrected chi connectivity index (χ2v) is 8.10. The number of rotatable bonds is 7. The average molecular weight is 441 g/mol. The van der Waals surface area contributed by atoms with Gasteiger partial charge >= 0.3 is 0 Å². The van der Waals surface area contributed by atoms with Crippen molar-refractivity contribution in [2.45, 2.75) is 26.3 Å². The zero-order valence-electron chi connectivity index (χ0n) is 18.5. The summed E-state index contributed by atoms with van der Waals surface area (Å²) in [7, 11) is 0. The average Bonchev–Trinajstić information content (AvgIpc) is 2.84. The van der Waals surface area contributed by atoms with Gasteiger partial charge in [0.15, 0.2) is 5.82 Å². The van der Waals surface area contributed by atoms with E-state index >= 15 is 0 Å². The molecule has 0 aliphatic heterocycles. The predicted molar refractivity (Wildman–Crippen MR) is 129 cm³/mol. The fraction of sp³-hybridized carbons (Fsp3) is 0.148. The summed E-state index contributed by atoms with van der Waals surface area (Å²) in [6.45, 7) is 4.78. The summed E-state index contributed by atoms with van der Waals surface area (Å²) in [5.74, 6) is 0.582. The first-order valence-corrected chi connectivity index (χ1v) is 10.8. The molecule has 0 fully saturated rings. The number of amides is 1. The van der Waals surface area contributed by atoms with Crippen LogP contribution in [-0.2, 0) is 6.54 Å². The van der Waals surface area contributed by atoms with Crippen molar-refractivity contribution < 1.29 is 9.18 Å². The van der Waals surface area contributed by atoms with E-state index in [-0.39, 0.29) is 11.7 Å². The Bertz CT molecular complexity index is 1220. The number of carbonyl (C=O) groups is 1. The third-order valence-electron chi connectivity index (χ3n) is 5.30. The van der Waals surface area contributed by atoms with Gasteiger partial charge in [-0.2, -0.15) is 0 Å². The van der Waals surface area contributed by atoms with Gasteiger partial charge in [0.25, 0.3) is 5.91 Å². The smallest absolute Gasteiger partial charge is 0.251 e. The molecule has 0 unspecified atom stereocenters. The summed E-state index contributed by atoms with van der Waals surface area (Å²) in [6, 6.07) is 25.2. The molecule has 3 aromatic carbocycles. The standard InChI is InChI=1S/C27H25FN4O/c1-18(2)20-8-6-19(7-9-20)17-29-27(33)22-4-3-5-24(16-22)30-26-15-14-25(31-32-26)21-10-12-23(28)13-11-21/h3-16,18H,17H2,1-2H3,(H,29,33)(H,30,32). The van der Waals surface area contributed by atoms with Crippen LogP contribution in [0.15, 0.2) is 84.9 Å². The molecule has 0 atom stereocenters. The second-order valence-electron chi connectivity index (χ2n) is 8.10. The number of nitrogens with one attached hydrogen (secondary N) is 2. The van der Waals surface area contributed by atoms with Crippen molar-refractivity contribution in [1.82, 2.24) is 15.5 Å². The Morgan fingerprint density at radius 2 is 1.67 bits per heavy atom. The minimum atomic E-state index is -0.294. The summed E-state index contributed by atoms with van der Waals surface area (Å²) in [5, 5.41) is 14.5. The Labute approximate surface area is 192 Å². The van der Waals surface area contributed by atoms with Crippen LogP contribution in [0.5, 0.6) is 0 Å². The van der Waals surface area contributed by atoms with Crippen LogP contribution >= 0.6 is 0 Å². The minimum Gasteiger partial charge on any atom is -0.348 e. The van der Waals surface area contributed by atoms with Crippen molar-refractivity contribution in [1.29, 1.82) is 0 Å². The Morgan fingerprint density at radius 1 is 0.909 bits per heavy atom. The number of anilines is 2. The van der Waals surface area contributed by atoms with Crippen molar-refractivity contribution in [2.24, 2.45) is 0 Å². The van der Waals surface area contributed by atoms with Crippen LogP contribution in [-0.4, -0.2) is 16.1 Å². The first-order valence-electron chi connectivity index (χ1n) is 10.8. The first-order chi connectivity index (χ1) is 16.0. The Morgan fingerprint density at radius 3 is 2.33 bits per heavy atom. The molecule has 5 nitrogen and oxygen atoms in total. The number of nitrogens with zero attached hydrogens (tertiary/aromatic N) is 2. The van der Waals surface area contributed by atoms with E-state index in [2.05, 4.69) is 46.8 Å². The van der Waals surface area contributed by atoms with Crippen LogP contribution in [0.1, 0.15) is 41.3 Å². The fourth-order valence-corrected chi connectivity index (χ4v) is 3.36. The first kappa shape index (κ1) is 22.1. The van der Waals surface area contributed by atoms with Crippen molar-refractivity contribution in [3.8, 4) is 11.3 Å². The Hall–Kier alpha value is -4.06. The number of hydrogen-bond acceptors (Lipinski definition) is 4. The van der Waals surface area contributed by atoms with Crippen LogP contribution < -0.4 is 10.6 Å². The Kier molecular flexibility index (Phi) is 6.74. The number of carbonyl (C=O) groups excluding carboxylic acids is 1. The molecule has 0 aliphatic rings. The van der Waals surface area contributed by atoms with Crippen LogP contribution in [0.25, 0.3) is 11.3 Å². The molecule has 0 bridgehead atoms. The summed E-state index contributed by atoms with van der Waals surface area (Å²) >= 11 is 0. The van der Waals surface area contributed by atoms with Gasteiger partial charge in [-0.15, -0.1) is 10.2 Å². The minimum absolute atomic E-state index is 0.149. The molecule has 1 amide bonds. The molecule has 33 heavy (non-hydrogen) atoms. The summed E-state index contributed by atoms with van der Waals surface area (Å²) in [5.41, 5.74) is 5.04. The number of aromatic nitrogens is 2. The second kappa shape index (κ2) is 10.0. The van der Waals surface area contributed by atoms with Gasteiger partial charge in [-0.05, 0) is 71.6 Å². The van der Waals surface area contributed by atoms with Gasteiger partial charge in [0, 0.05) is 23.4 Å². The highest BCUT2D eigenvalue weighted by molar-refractivity contribution is 5.95. The lowest BCUT2D eigenvalue weighted by atomic mass is 10.0. The molecule has 0 saturated carbocycles. The van der Waals surface area contributed by atoms with Crippen molar-refractivity contribution in [3.63, 3.8) is 0 Å². The highest BCUT2D eigenvalue weighted by Gasteiger charge is 2.08. The fourth-order valence-electron chi connectivity index (χ4n) is 3.36. The molecular weight excluding hydrogens is 415 g/mol. The van der Waals surface area contributed by atoms with E-state index in [1.807, 2.05) is 30.3 Å². The molecule has 4 rings (SSSR count). The van der Waals surface area contributed by atoms with E-state index in [1.54, 1.807) is 30.3 Å². The van der Waals surface area contributed by atoms with Gasteiger partial charge in [0.2, 0.25) is 0 Å². The van der Waals surface area contributed by atoms with E-state index in [0.29, 0.717) is 29.5 Å². The van der Waals surface area contributed by atoms with E-state index in [1.165, 1.54) is 17.7 Å². The molecule has 2 N–H and O–H groups in total. The van der Waals surface area contributed by atoms with Crippen LogP contribution in [0.4, 0.5) is 15.9 Å². The highest BCUT2D eigenvalue weighted by Crippen LogP contribution is 2.20. The van der Waals surface area contributed by atoms with Gasteiger partial charge in [0.05, 0.1) is 5.69 Å². The molecule has 0 spiro atoms. The maximum absolute atomic E-state index is 13.1. The van der Waals surface area contributed by atoms with Gasteiger partial charge in [-0.25, -0.2) is 4.39 Å². The van der Waals surface area contributed by atoms with Gasteiger partial charge < -0.3 is 10.6 Å². The lowest BCUT2D eigenvalue weighted by molar-refractivity contribution is 0.0951. The molecule has 166 valence electrons. The Balaban J connectivity index is 1.38. The van der Waals surface area contributed by atoms with Crippen LogP contribution in [0, 0.1) is 5.82 Å². The third-order valence-corrected chi connectivity index (χ3v) is 5.30. The molecule has 1 aromatic heterocycles. The summed E-state index contributed by atoms with van der Waals surface area (Å²) < 4.78 is 13.1. The normalized spacial score (nSPS) is 10.8. The predicted octanol–water partition coefficient (Wildman–Crippen LogP) is 6.08. The maximum atomic E-state index is 13.1. The lowest BCUT2D eigenvalue weighted by Crippen LogP contribution is -2.22. The van der Waals surface area contributed by atoms with Crippen LogP contribution in [0.2, 0.25) is 0 Å². The van der Waals surface area contributed by atoms with Gasteiger partial charge in [0.1, 0.15) is 5.82 Å². The van der Waals surface area contributed by atoms with Crippen molar-refractivity contribution in [2.75, 3.05) is 5.32 Å². The molecule has 0 radical (unpaired) electrons. The molecule has 6 heteroatoms. The summed E-state index contributed by atoms with van der Waals surface area (Å²) in [4.78, 5) is 12.6. The molecular formula is C27H25FN4O. The zero-order chi connectivity index (χ0) is 23.2. The lowest BCUT2D eigenvalue weighted by Gasteiger charge is -2.10. The van der Waals surface area contributed by atoms with Crippen molar-refractivity contribution in [3.05, 3.63) is 107 Å². The highest BCUT2D eigenvalue weighted by atomic mass is 19.1. The number of hydrogen-bond donors (Lipinski definition) is 2. The quantitative estimate of drug-likeness (QED) is 0.365. The largest absolute Gasteiger partial charge is 0.348 e. The molecule has 1 heterocycles. The monoisotopic (exact) mass is 440 g/mol. The molecule has 0 saturated heterocycles. The van der Waals surface area contributed by atoms with E-state index in [4.69, 9.17) is 0 Å². The van der Waals surface area contributed by atoms with E-state index in [9.17, 15) is 9.18 Å². The van der Waals surface area contributed by atoms with Crippen LogP contribution in [0.3, 0.4) is 0 Å².